The highest BCUT2D eigenvalue weighted by molar-refractivity contribution is 14.1. The summed E-state index contributed by atoms with van der Waals surface area (Å²) >= 11 is 2.09. The Balaban J connectivity index is 3.25. The maximum Gasteiger partial charge on any atom is 0.204 e. The highest BCUT2D eigenvalue weighted by atomic mass is 127. The molecule has 0 aliphatic rings. The molecule has 0 N–H and O–H groups in total. The molecule has 0 unspecified atom stereocenters. The lowest BCUT2D eigenvalue weighted by molar-refractivity contribution is 0.111. The second-order valence-electron chi connectivity index (χ2n) is 2.82. The number of carbonyl (C=O) groups excluding carboxylic acids is 1. The van der Waals surface area contributed by atoms with Crippen LogP contribution in [0.1, 0.15) is 17.3 Å². The van der Waals surface area contributed by atoms with Gasteiger partial charge in [-0.15, -0.1) is 0 Å². The first kappa shape index (κ1) is 13.1. The predicted octanol–water partition coefficient (Wildman–Crippen LogP) is 2.68. The van der Waals surface area contributed by atoms with E-state index in [0.717, 1.165) is 6.29 Å². The third-order valence-corrected chi connectivity index (χ3v) is 2.25. The molecule has 5 heteroatoms. The lowest BCUT2D eigenvalue weighted by atomic mass is 10.2. The van der Waals surface area contributed by atoms with Crippen LogP contribution in [0.15, 0.2) is 12.1 Å². The Kier molecular flexibility index (Phi) is 5.37. The molecule has 0 aliphatic heterocycles. The van der Waals surface area contributed by atoms with Crippen molar-refractivity contribution in [1.82, 2.24) is 0 Å². The summed E-state index contributed by atoms with van der Waals surface area (Å²) in [6.45, 7) is 2.34. The molecule has 1 aromatic rings. The number of aldehydes is 1. The molecule has 0 aliphatic carbocycles. The standard InChI is InChI=1S/C11H13IO4/c1-3-15-11-9(16-7-12)5-4-8(6-13)10(11)14-2/h4-6H,3,7H2,1-2H3. The van der Waals surface area contributed by atoms with Gasteiger partial charge in [0.1, 0.15) is 4.61 Å². The van der Waals surface area contributed by atoms with E-state index in [4.69, 9.17) is 14.2 Å². The molecule has 88 valence electrons. The highest BCUT2D eigenvalue weighted by Crippen LogP contribution is 2.39. The van der Waals surface area contributed by atoms with Gasteiger partial charge in [0.05, 0.1) is 19.3 Å². The number of methoxy groups -OCH3 is 1. The molecule has 0 saturated heterocycles. The smallest absolute Gasteiger partial charge is 0.204 e. The molecular weight excluding hydrogens is 323 g/mol. The van der Waals surface area contributed by atoms with Gasteiger partial charge in [-0.3, -0.25) is 4.79 Å². The van der Waals surface area contributed by atoms with Crippen molar-refractivity contribution >= 4 is 28.9 Å². The molecule has 0 atom stereocenters. The van der Waals surface area contributed by atoms with Crippen LogP contribution in [0.5, 0.6) is 17.2 Å². The van der Waals surface area contributed by atoms with Gasteiger partial charge in [-0.1, -0.05) is 0 Å². The van der Waals surface area contributed by atoms with Crippen molar-refractivity contribution in [3.63, 3.8) is 0 Å². The van der Waals surface area contributed by atoms with E-state index in [9.17, 15) is 4.79 Å². The van der Waals surface area contributed by atoms with E-state index in [1.54, 1.807) is 12.1 Å². The monoisotopic (exact) mass is 336 g/mol. The minimum absolute atomic E-state index is 0.416. The van der Waals surface area contributed by atoms with Gasteiger partial charge in [0.15, 0.2) is 17.8 Å². The molecule has 4 nitrogen and oxygen atoms in total. The topological polar surface area (TPSA) is 44.8 Å². The molecule has 0 spiro atoms. The number of halogens is 1. The molecule has 0 radical (unpaired) electrons. The minimum atomic E-state index is 0.416. The third-order valence-electron chi connectivity index (χ3n) is 1.94. The van der Waals surface area contributed by atoms with Crippen molar-refractivity contribution in [2.24, 2.45) is 0 Å². The van der Waals surface area contributed by atoms with E-state index in [1.807, 2.05) is 6.92 Å². The number of benzene rings is 1. The van der Waals surface area contributed by atoms with Gasteiger partial charge in [0.25, 0.3) is 0 Å². The van der Waals surface area contributed by atoms with E-state index < -0.39 is 0 Å². The molecule has 0 aromatic heterocycles. The van der Waals surface area contributed by atoms with Crippen LogP contribution in [-0.4, -0.2) is 24.6 Å². The van der Waals surface area contributed by atoms with Crippen molar-refractivity contribution in [3.8, 4) is 17.2 Å². The number of rotatable bonds is 6. The Morgan fingerprint density at radius 2 is 2.06 bits per heavy atom. The van der Waals surface area contributed by atoms with Crippen LogP contribution < -0.4 is 14.2 Å². The summed E-state index contributed by atoms with van der Waals surface area (Å²) in [7, 11) is 1.50. The van der Waals surface area contributed by atoms with E-state index >= 15 is 0 Å². The summed E-state index contributed by atoms with van der Waals surface area (Å²) in [6, 6.07) is 3.35. The zero-order chi connectivity index (χ0) is 12.0. The molecule has 0 amide bonds. The van der Waals surface area contributed by atoms with Crippen molar-refractivity contribution < 1.29 is 19.0 Å². The van der Waals surface area contributed by atoms with Crippen molar-refractivity contribution in [1.29, 1.82) is 0 Å². The van der Waals surface area contributed by atoms with Crippen LogP contribution in [0.2, 0.25) is 0 Å². The number of hydrogen-bond donors (Lipinski definition) is 0. The first-order valence-corrected chi connectivity index (χ1v) is 6.28. The van der Waals surface area contributed by atoms with Gasteiger partial charge in [-0.25, -0.2) is 0 Å². The van der Waals surface area contributed by atoms with Gasteiger partial charge in [-0.05, 0) is 41.6 Å². The van der Waals surface area contributed by atoms with Crippen LogP contribution in [0, 0.1) is 0 Å². The Labute approximate surface area is 108 Å². The molecule has 1 aromatic carbocycles. The number of hydrogen-bond acceptors (Lipinski definition) is 4. The Hall–Kier alpha value is -0.980. The highest BCUT2D eigenvalue weighted by Gasteiger charge is 2.16. The van der Waals surface area contributed by atoms with Gasteiger partial charge in [-0.2, -0.15) is 0 Å². The predicted molar refractivity (Wildman–Crippen MR) is 69.1 cm³/mol. The normalized spacial score (nSPS) is 9.69. The summed E-state index contributed by atoms with van der Waals surface area (Å²) in [5.74, 6) is 1.48. The SMILES string of the molecule is CCOc1c(OCI)ccc(C=O)c1OC. The van der Waals surface area contributed by atoms with Gasteiger partial charge in [0, 0.05) is 0 Å². The van der Waals surface area contributed by atoms with Crippen LogP contribution in [0.4, 0.5) is 0 Å². The molecule has 1 rings (SSSR count). The lowest BCUT2D eigenvalue weighted by Gasteiger charge is -2.15. The second kappa shape index (κ2) is 6.57. The first-order valence-electron chi connectivity index (χ1n) is 4.76. The second-order valence-corrected chi connectivity index (χ2v) is 3.44. The van der Waals surface area contributed by atoms with E-state index in [2.05, 4.69) is 22.6 Å². The van der Waals surface area contributed by atoms with Crippen LogP contribution >= 0.6 is 22.6 Å². The average molecular weight is 336 g/mol. The van der Waals surface area contributed by atoms with E-state index in [0.29, 0.717) is 34.0 Å². The summed E-state index contributed by atoms with van der Waals surface area (Å²) in [4.78, 5) is 10.8. The number of carbonyl (C=O) groups is 1. The van der Waals surface area contributed by atoms with Crippen LogP contribution in [0.3, 0.4) is 0 Å². The molecule has 0 bridgehead atoms. The van der Waals surface area contributed by atoms with Crippen LogP contribution in [-0.2, 0) is 0 Å². The first-order chi connectivity index (χ1) is 7.78. The zero-order valence-electron chi connectivity index (χ0n) is 9.16. The summed E-state index contributed by atoms with van der Waals surface area (Å²) < 4.78 is 16.5. The molecule has 0 saturated carbocycles. The quantitative estimate of drug-likeness (QED) is 0.455. The van der Waals surface area contributed by atoms with Crippen molar-refractivity contribution in [2.75, 3.05) is 18.3 Å². The fourth-order valence-electron chi connectivity index (χ4n) is 1.32. The van der Waals surface area contributed by atoms with Gasteiger partial charge in [0.2, 0.25) is 5.75 Å². The number of ether oxygens (including phenoxy) is 3. The Morgan fingerprint density at radius 1 is 1.31 bits per heavy atom. The largest absolute Gasteiger partial charge is 0.492 e. The molecule has 16 heavy (non-hydrogen) atoms. The zero-order valence-corrected chi connectivity index (χ0v) is 11.3. The Morgan fingerprint density at radius 3 is 2.56 bits per heavy atom. The summed E-state index contributed by atoms with van der Waals surface area (Å²) in [6.07, 6.45) is 0.731. The molecular formula is C11H13IO4. The maximum absolute atomic E-state index is 10.8. The third kappa shape index (κ3) is 2.78. The average Bonchev–Trinajstić information content (AvgIpc) is 2.31. The summed E-state index contributed by atoms with van der Waals surface area (Å²) in [5.41, 5.74) is 0.451. The number of alkyl halides is 1. The van der Waals surface area contributed by atoms with E-state index in [-0.39, 0.29) is 0 Å². The Bertz CT molecular complexity index is 365. The van der Waals surface area contributed by atoms with Crippen molar-refractivity contribution in [3.05, 3.63) is 17.7 Å². The van der Waals surface area contributed by atoms with Crippen LogP contribution in [0.25, 0.3) is 0 Å². The fourth-order valence-corrected chi connectivity index (χ4v) is 1.65. The minimum Gasteiger partial charge on any atom is -0.492 e. The molecule has 0 fully saturated rings. The van der Waals surface area contributed by atoms with Crippen molar-refractivity contribution in [2.45, 2.75) is 6.92 Å². The molecule has 0 heterocycles. The fraction of sp³-hybridized carbons (Fsp3) is 0.364. The van der Waals surface area contributed by atoms with E-state index in [1.165, 1.54) is 7.11 Å². The summed E-state index contributed by atoms with van der Waals surface area (Å²) in [5, 5.41) is 0. The lowest BCUT2D eigenvalue weighted by Crippen LogP contribution is -2.02. The maximum atomic E-state index is 10.8. The van der Waals surface area contributed by atoms with Gasteiger partial charge < -0.3 is 14.2 Å². The van der Waals surface area contributed by atoms with Gasteiger partial charge >= 0.3 is 0 Å².